The molecule has 4 rings (SSSR count). The molecule has 0 spiro atoms. The number of carbonyl (C=O) groups excluding carboxylic acids is 2. The highest BCUT2D eigenvalue weighted by molar-refractivity contribution is 9.10. The number of likely N-dealkylation sites (tertiary alicyclic amines) is 1. The van der Waals surface area contributed by atoms with Gasteiger partial charge in [-0.1, -0.05) is 58.4 Å². The SMILES string of the molecule is CC(NC(=O)C1CCN(C(=O)c2ccc(Br)cc2)CC1)c1cccc2ccccc12. The smallest absolute Gasteiger partial charge is 0.253 e. The second-order valence-electron chi connectivity index (χ2n) is 7.87. The third kappa shape index (κ3) is 4.41. The Bertz CT molecular complexity index is 1050. The molecule has 1 N–H and O–H groups in total. The number of piperidine rings is 1. The minimum atomic E-state index is -0.0639. The summed E-state index contributed by atoms with van der Waals surface area (Å²) in [5.41, 5.74) is 1.81. The van der Waals surface area contributed by atoms with Crippen LogP contribution in [0.25, 0.3) is 10.8 Å². The van der Waals surface area contributed by atoms with Crippen LogP contribution >= 0.6 is 15.9 Å². The summed E-state index contributed by atoms with van der Waals surface area (Å²) in [7, 11) is 0. The van der Waals surface area contributed by atoms with Crippen LogP contribution in [0.5, 0.6) is 0 Å². The Morgan fingerprint density at radius 1 is 0.967 bits per heavy atom. The summed E-state index contributed by atoms with van der Waals surface area (Å²) in [5.74, 6) is 0.0491. The second kappa shape index (κ2) is 9.00. The molecule has 0 aromatic heterocycles. The third-order valence-corrected chi connectivity index (χ3v) is 6.42. The van der Waals surface area contributed by atoms with E-state index in [4.69, 9.17) is 0 Å². The number of amides is 2. The van der Waals surface area contributed by atoms with E-state index in [0.717, 1.165) is 10.0 Å². The van der Waals surface area contributed by atoms with Crippen molar-refractivity contribution in [3.05, 3.63) is 82.3 Å². The van der Waals surface area contributed by atoms with Gasteiger partial charge in [0.25, 0.3) is 5.91 Å². The molecule has 4 nitrogen and oxygen atoms in total. The first-order chi connectivity index (χ1) is 14.5. The average molecular weight is 465 g/mol. The first-order valence-electron chi connectivity index (χ1n) is 10.4. The third-order valence-electron chi connectivity index (χ3n) is 5.89. The van der Waals surface area contributed by atoms with Crippen molar-refractivity contribution in [2.24, 2.45) is 5.92 Å². The molecular formula is C25H25BrN2O2. The molecule has 2 amide bonds. The Morgan fingerprint density at radius 2 is 1.63 bits per heavy atom. The van der Waals surface area contributed by atoms with Crippen LogP contribution in [-0.2, 0) is 4.79 Å². The Balaban J connectivity index is 1.36. The molecule has 1 aliphatic rings. The number of nitrogens with zero attached hydrogens (tertiary/aromatic N) is 1. The molecule has 1 fully saturated rings. The van der Waals surface area contributed by atoms with Crippen LogP contribution in [0.3, 0.4) is 0 Å². The van der Waals surface area contributed by atoms with Crippen LogP contribution in [0, 0.1) is 5.92 Å². The van der Waals surface area contributed by atoms with E-state index >= 15 is 0 Å². The number of fused-ring (bicyclic) bond motifs is 1. The van der Waals surface area contributed by atoms with Crippen LogP contribution in [-0.4, -0.2) is 29.8 Å². The van der Waals surface area contributed by atoms with Gasteiger partial charge in [0, 0.05) is 29.0 Å². The van der Waals surface area contributed by atoms with Gasteiger partial charge in [-0.05, 0) is 60.4 Å². The highest BCUT2D eigenvalue weighted by atomic mass is 79.9. The highest BCUT2D eigenvalue weighted by Gasteiger charge is 2.28. The Morgan fingerprint density at radius 3 is 2.37 bits per heavy atom. The van der Waals surface area contributed by atoms with Gasteiger partial charge in [-0.15, -0.1) is 0 Å². The molecule has 1 unspecified atom stereocenters. The van der Waals surface area contributed by atoms with E-state index in [0.29, 0.717) is 31.5 Å². The van der Waals surface area contributed by atoms with Crippen molar-refractivity contribution in [2.75, 3.05) is 13.1 Å². The zero-order valence-corrected chi connectivity index (χ0v) is 18.6. The molecule has 3 aromatic carbocycles. The summed E-state index contributed by atoms with van der Waals surface area (Å²) in [5, 5.41) is 5.54. The topological polar surface area (TPSA) is 49.4 Å². The standard InChI is InChI=1S/C25H25BrN2O2/c1-17(22-8-4-6-18-5-2-3-7-23(18)22)27-24(29)19-13-15-28(16-14-19)25(30)20-9-11-21(26)12-10-20/h2-12,17,19H,13-16H2,1H3,(H,27,29). The molecule has 1 aliphatic heterocycles. The zero-order chi connectivity index (χ0) is 21.1. The summed E-state index contributed by atoms with van der Waals surface area (Å²) < 4.78 is 0.953. The van der Waals surface area contributed by atoms with E-state index in [1.54, 1.807) is 0 Å². The second-order valence-corrected chi connectivity index (χ2v) is 8.79. The molecule has 0 aliphatic carbocycles. The van der Waals surface area contributed by atoms with Gasteiger partial charge in [-0.2, -0.15) is 0 Å². The van der Waals surface area contributed by atoms with Crippen molar-refractivity contribution in [3.63, 3.8) is 0 Å². The lowest BCUT2D eigenvalue weighted by atomic mass is 9.94. The van der Waals surface area contributed by atoms with Gasteiger partial charge in [-0.25, -0.2) is 0 Å². The van der Waals surface area contributed by atoms with Gasteiger partial charge in [0.05, 0.1) is 6.04 Å². The summed E-state index contributed by atoms with van der Waals surface area (Å²) in [6.07, 6.45) is 1.38. The molecular weight excluding hydrogens is 440 g/mol. The maximum Gasteiger partial charge on any atom is 0.253 e. The normalized spacial score (nSPS) is 15.7. The molecule has 1 heterocycles. The fourth-order valence-electron chi connectivity index (χ4n) is 4.16. The van der Waals surface area contributed by atoms with E-state index in [1.807, 2.05) is 54.3 Å². The van der Waals surface area contributed by atoms with Gasteiger partial charge in [-0.3, -0.25) is 9.59 Å². The number of carbonyl (C=O) groups is 2. The maximum absolute atomic E-state index is 12.9. The van der Waals surface area contributed by atoms with Gasteiger partial charge in [0.15, 0.2) is 0 Å². The molecule has 0 radical (unpaired) electrons. The van der Waals surface area contributed by atoms with Crippen LogP contribution in [0.1, 0.15) is 41.7 Å². The average Bonchev–Trinajstić information content (AvgIpc) is 2.78. The number of nitrogens with one attached hydrogen (secondary N) is 1. The van der Waals surface area contributed by atoms with Crippen molar-refractivity contribution in [3.8, 4) is 0 Å². The number of halogens is 1. The lowest BCUT2D eigenvalue weighted by Gasteiger charge is -2.32. The maximum atomic E-state index is 12.9. The van der Waals surface area contributed by atoms with Gasteiger partial charge in [0.2, 0.25) is 5.91 Å². The molecule has 3 aromatic rings. The lowest BCUT2D eigenvalue weighted by molar-refractivity contribution is -0.126. The van der Waals surface area contributed by atoms with Gasteiger partial charge >= 0.3 is 0 Å². The van der Waals surface area contributed by atoms with Crippen molar-refractivity contribution in [1.29, 1.82) is 0 Å². The molecule has 0 saturated carbocycles. The monoisotopic (exact) mass is 464 g/mol. The number of hydrogen-bond donors (Lipinski definition) is 1. The Kier molecular flexibility index (Phi) is 6.18. The van der Waals surface area contributed by atoms with E-state index in [1.165, 1.54) is 10.8 Å². The van der Waals surface area contributed by atoms with Crippen molar-refractivity contribution >= 4 is 38.5 Å². The largest absolute Gasteiger partial charge is 0.349 e. The van der Waals surface area contributed by atoms with Crippen LogP contribution in [0.4, 0.5) is 0 Å². The van der Waals surface area contributed by atoms with E-state index in [2.05, 4.69) is 45.5 Å². The molecule has 0 bridgehead atoms. The van der Waals surface area contributed by atoms with Crippen molar-refractivity contribution in [1.82, 2.24) is 10.2 Å². The first-order valence-corrected chi connectivity index (χ1v) is 11.1. The predicted molar refractivity (Wildman–Crippen MR) is 123 cm³/mol. The highest BCUT2D eigenvalue weighted by Crippen LogP contribution is 2.26. The number of rotatable bonds is 4. The number of hydrogen-bond acceptors (Lipinski definition) is 2. The Hall–Kier alpha value is -2.66. The van der Waals surface area contributed by atoms with Crippen molar-refractivity contribution < 1.29 is 9.59 Å². The summed E-state index contributed by atoms with van der Waals surface area (Å²) in [6.45, 7) is 3.25. The van der Waals surface area contributed by atoms with Crippen LogP contribution in [0.2, 0.25) is 0 Å². The molecule has 30 heavy (non-hydrogen) atoms. The Labute approximate surface area is 185 Å². The van der Waals surface area contributed by atoms with Gasteiger partial charge < -0.3 is 10.2 Å². The predicted octanol–water partition coefficient (Wildman–Crippen LogP) is 5.33. The molecule has 5 heteroatoms. The molecule has 1 atom stereocenters. The van der Waals surface area contributed by atoms with Gasteiger partial charge in [0.1, 0.15) is 0 Å². The van der Waals surface area contributed by atoms with E-state index < -0.39 is 0 Å². The summed E-state index contributed by atoms with van der Waals surface area (Å²) >= 11 is 3.39. The van der Waals surface area contributed by atoms with E-state index in [9.17, 15) is 9.59 Å². The minimum Gasteiger partial charge on any atom is -0.349 e. The van der Waals surface area contributed by atoms with Crippen LogP contribution < -0.4 is 5.32 Å². The number of benzene rings is 3. The fourth-order valence-corrected chi connectivity index (χ4v) is 4.42. The molecule has 154 valence electrons. The van der Waals surface area contributed by atoms with E-state index in [-0.39, 0.29) is 23.8 Å². The minimum absolute atomic E-state index is 0.0329. The summed E-state index contributed by atoms with van der Waals surface area (Å²) in [4.78, 5) is 27.4. The van der Waals surface area contributed by atoms with Crippen LogP contribution in [0.15, 0.2) is 71.2 Å². The fraction of sp³-hybridized carbons (Fsp3) is 0.280. The lowest BCUT2D eigenvalue weighted by Crippen LogP contribution is -2.43. The first kappa shape index (κ1) is 20.6. The zero-order valence-electron chi connectivity index (χ0n) is 17.0. The summed E-state index contributed by atoms with van der Waals surface area (Å²) in [6, 6.07) is 21.8. The quantitative estimate of drug-likeness (QED) is 0.566. The molecule has 1 saturated heterocycles. The van der Waals surface area contributed by atoms with Crippen molar-refractivity contribution in [2.45, 2.75) is 25.8 Å².